The number of benzene rings is 1. The van der Waals surface area contributed by atoms with E-state index in [-0.39, 0.29) is 11.9 Å². The number of hydrogen-bond donors (Lipinski definition) is 1. The van der Waals surface area contributed by atoms with Crippen molar-refractivity contribution >= 4 is 5.91 Å². The maximum atomic E-state index is 12.3. The molecule has 1 aliphatic carbocycles. The molecule has 23 heavy (non-hydrogen) atoms. The fourth-order valence-corrected chi connectivity index (χ4v) is 3.71. The van der Waals surface area contributed by atoms with Gasteiger partial charge in [0.05, 0.1) is 17.9 Å². The minimum Gasteiger partial charge on any atom is -0.472 e. The summed E-state index contributed by atoms with van der Waals surface area (Å²) >= 11 is 0. The van der Waals surface area contributed by atoms with Gasteiger partial charge in [0, 0.05) is 32.2 Å². The summed E-state index contributed by atoms with van der Waals surface area (Å²) in [5.41, 5.74) is 2.89. The van der Waals surface area contributed by atoms with Crippen LogP contribution in [0.1, 0.15) is 27.6 Å². The first-order valence-corrected chi connectivity index (χ1v) is 8.05. The van der Waals surface area contributed by atoms with Crippen molar-refractivity contribution in [3.63, 3.8) is 0 Å². The van der Waals surface area contributed by atoms with Gasteiger partial charge in [0.15, 0.2) is 0 Å². The van der Waals surface area contributed by atoms with Crippen molar-refractivity contribution < 1.29 is 14.3 Å². The third kappa shape index (κ3) is 2.56. The molecule has 2 unspecified atom stereocenters. The standard InChI is InChI=1S/C18H20N2O3/c21-17-15-4-2-1-3-13(15)11-16(17)19-6-8-20(9-7-19)18(22)14-5-10-23-12-14/h1-5,10,12,16-17,21H,6-9,11H2. The Morgan fingerprint density at radius 2 is 1.91 bits per heavy atom. The van der Waals surface area contributed by atoms with Crippen molar-refractivity contribution in [1.82, 2.24) is 9.80 Å². The lowest BCUT2D eigenvalue weighted by Gasteiger charge is -2.39. The van der Waals surface area contributed by atoms with E-state index in [0.717, 1.165) is 25.1 Å². The Morgan fingerprint density at radius 3 is 2.61 bits per heavy atom. The molecule has 1 aromatic carbocycles. The van der Waals surface area contributed by atoms with E-state index < -0.39 is 6.10 Å². The molecule has 5 heteroatoms. The van der Waals surface area contributed by atoms with E-state index in [2.05, 4.69) is 11.0 Å². The van der Waals surface area contributed by atoms with Crippen LogP contribution in [0.15, 0.2) is 47.3 Å². The second-order valence-electron chi connectivity index (χ2n) is 6.26. The Kier molecular flexibility index (Phi) is 3.67. The number of amides is 1. The van der Waals surface area contributed by atoms with Crippen molar-refractivity contribution in [2.45, 2.75) is 18.6 Å². The zero-order chi connectivity index (χ0) is 15.8. The third-order valence-corrected chi connectivity index (χ3v) is 5.01. The van der Waals surface area contributed by atoms with Crippen LogP contribution in [0.5, 0.6) is 0 Å². The highest BCUT2D eigenvalue weighted by atomic mass is 16.3. The molecule has 2 atom stereocenters. The first-order valence-electron chi connectivity index (χ1n) is 8.05. The van der Waals surface area contributed by atoms with Gasteiger partial charge in [-0.2, -0.15) is 0 Å². The largest absolute Gasteiger partial charge is 0.472 e. The molecule has 0 spiro atoms. The molecule has 4 rings (SSSR count). The van der Waals surface area contributed by atoms with E-state index in [1.54, 1.807) is 6.07 Å². The zero-order valence-electron chi connectivity index (χ0n) is 12.9. The van der Waals surface area contributed by atoms with E-state index >= 15 is 0 Å². The first-order chi connectivity index (χ1) is 11.2. The highest BCUT2D eigenvalue weighted by molar-refractivity contribution is 5.93. The van der Waals surface area contributed by atoms with Crippen molar-refractivity contribution in [3.05, 3.63) is 59.5 Å². The Balaban J connectivity index is 1.40. The van der Waals surface area contributed by atoms with Crippen LogP contribution in [-0.4, -0.2) is 53.0 Å². The lowest BCUT2D eigenvalue weighted by molar-refractivity contribution is 0.0255. The van der Waals surface area contributed by atoms with Gasteiger partial charge in [-0.05, 0) is 23.6 Å². The van der Waals surface area contributed by atoms with E-state index in [1.165, 1.54) is 18.1 Å². The average Bonchev–Trinajstić information content (AvgIpc) is 3.23. The molecule has 5 nitrogen and oxygen atoms in total. The summed E-state index contributed by atoms with van der Waals surface area (Å²) in [6.07, 6.45) is 3.47. The molecule has 0 radical (unpaired) electrons. The van der Waals surface area contributed by atoms with Crippen LogP contribution < -0.4 is 0 Å². The summed E-state index contributed by atoms with van der Waals surface area (Å²) in [7, 11) is 0. The molecule has 2 aliphatic rings. The summed E-state index contributed by atoms with van der Waals surface area (Å²) in [6.45, 7) is 2.95. The number of aliphatic hydroxyl groups is 1. The molecule has 1 aromatic heterocycles. The number of carbonyl (C=O) groups is 1. The number of furan rings is 1. The van der Waals surface area contributed by atoms with E-state index in [0.29, 0.717) is 18.7 Å². The average molecular weight is 312 g/mol. The Hall–Kier alpha value is -2.11. The normalized spacial score (nSPS) is 24.7. The number of hydrogen-bond acceptors (Lipinski definition) is 4. The highest BCUT2D eigenvalue weighted by Crippen LogP contribution is 2.34. The molecule has 0 bridgehead atoms. The van der Waals surface area contributed by atoms with E-state index in [1.807, 2.05) is 23.1 Å². The van der Waals surface area contributed by atoms with Gasteiger partial charge < -0.3 is 14.4 Å². The first kappa shape index (κ1) is 14.5. The Morgan fingerprint density at radius 1 is 1.13 bits per heavy atom. The number of rotatable bonds is 2. The SMILES string of the molecule is O=C(c1ccoc1)N1CCN(C2Cc3ccccc3C2O)CC1. The molecular weight excluding hydrogens is 292 g/mol. The van der Waals surface area contributed by atoms with Crippen LogP contribution in [0.3, 0.4) is 0 Å². The van der Waals surface area contributed by atoms with Crippen LogP contribution in [0.4, 0.5) is 0 Å². The van der Waals surface area contributed by atoms with Crippen LogP contribution >= 0.6 is 0 Å². The highest BCUT2D eigenvalue weighted by Gasteiger charge is 2.36. The lowest BCUT2D eigenvalue weighted by Crippen LogP contribution is -2.52. The number of aliphatic hydroxyl groups excluding tert-OH is 1. The molecule has 1 aliphatic heterocycles. The molecule has 2 aromatic rings. The van der Waals surface area contributed by atoms with E-state index in [9.17, 15) is 9.90 Å². The van der Waals surface area contributed by atoms with E-state index in [4.69, 9.17) is 4.42 Å². The van der Waals surface area contributed by atoms with Crippen LogP contribution in [0.2, 0.25) is 0 Å². The van der Waals surface area contributed by atoms with Crippen molar-refractivity contribution in [3.8, 4) is 0 Å². The molecule has 0 saturated carbocycles. The number of carbonyl (C=O) groups excluding carboxylic acids is 1. The van der Waals surface area contributed by atoms with Crippen LogP contribution in [0.25, 0.3) is 0 Å². The van der Waals surface area contributed by atoms with Gasteiger partial charge in [-0.3, -0.25) is 9.69 Å². The molecule has 1 saturated heterocycles. The number of nitrogens with zero attached hydrogens (tertiary/aromatic N) is 2. The smallest absolute Gasteiger partial charge is 0.257 e. The second-order valence-corrected chi connectivity index (χ2v) is 6.26. The van der Waals surface area contributed by atoms with Gasteiger partial charge in [-0.1, -0.05) is 24.3 Å². The summed E-state index contributed by atoms with van der Waals surface area (Å²) in [5, 5.41) is 10.6. The summed E-state index contributed by atoms with van der Waals surface area (Å²) in [4.78, 5) is 16.5. The predicted molar refractivity (Wildman–Crippen MR) is 85.1 cm³/mol. The van der Waals surface area contributed by atoms with Gasteiger partial charge in [0.25, 0.3) is 5.91 Å². The van der Waals surface area contributed by atoms with Crippen LogP contribution in [-0.2, 0) is 6.42 Å². The minimum absolute atomic E-state index is 0.0219. The third-order valence-electron chi connectivity index (χ3n) is 5.01. The quantitative estimate of drug-likeness (QED) is 0.917. The summed E-state index contributed by atoms with van der Waals surface area (Å²) < 4.78 is 4.99. The van der Waals surface area contributed by atoms with Gasteiger partial charge in [-0.15, -0.1) is 0 Å². The molecule has 2 heterocycles. The number of fused-ring (bicyclic) bond motifs is 1. The molecular formula is C18H20N2O3. The summed E-state index contributed by atoms with van der Waals surface area (Å²) in [6, 6.07) is 9.93. The van der Waals surface area contributed by atoms with Gasteiger partial charge >= 0.3 is 0 Å². The monoisotopic (exact) mass is 312 g/mol. The molecule has 1 amide bonds. The van der Waals surface area contributed by atoms with Gasteiger partial charge in [-0.25, -0.2) is 0 Å². The van der Waals surface area contributed by atoms with Crippen LogP contribution in [0, 0.1) is 0 Å². The minimum atomic E-state index is -0.428. The van der Waals surface area contributed by atoms with Gasteiger partial charge in [0.1, 0.15) is 6.26 Å². The summed E-state index contributed by atoms with van der Waals surface area (Å²) in [5.74, 6) is 0.0219. The maximum Gasteiger partial charge on any atom is 0.257 e. The zero-order valence-corrected chi connectivity index (χ0v) is 12.9. The van der Waals surface area contributed by atoms with Crippen molar-refractivity contribution in [2.75, 3.05) is 26.2 Å². The Labute approximate surface area is 135 Å². The second kappa shape index (κ2) is 5.83. The fraction of sp³-hybridized carbons (Fsp3) is 0.389. The predicted octanol–water partition coefficient (Wildman–Crippen LogP) is 1.70. The van der Waals surface area contributed by atoms with Crippen molar-refractivity contribution in [1.29, 1.82) is 0 Å². The molecule has 1 fully saturated rings. The van der Waals surface area contributed by atoms with Crippen molar-refractivity contribution in [2.24, 2.45) is 0 Å². The van der Waals surface area contributed by atoms with Gasteiger partial charge in [0.2, 0.25) is 0 Å². The topological polar surface area (TPSA) is 56.9 Å². The number of piperazine rings is 1. The fourth-order valence-electron chi connectivity index (χ4n) is 3.71. The molecule has 1 N–H and O–H groups in total. The maximum absolute atomic E-state index is 12.3. The molecule has 120 valence electrons. The lowest BCUT2D eigenvalue weighted by atomic mass is 10.1. The Bertz CT molecular complexity index is 690.